The van der Waals surface area contributed by atoms with E-state index in [9.17, 15) is 9.90 Å². The molecule has 6 heteroatoms. The van der Waals surface area contributed by atoms with Gasteiger partial charge in [-0.25, -0.2) is 0 Å². The molecule has 1 aromatic heterocycles. The van der Waals surface area contributed by atoms with E-state index in [0.29, 0.717) is 28.9 Å². The predicted molar refractivity (Wildman–Crippen MR) is 93.4 cm³/mol. The molecule has 0 saturated carbocycles. The second-order valence-corrected chi connectivity index (χ2v) is 6.43. The van der Waals surface area contributed by atoms with Gasteiger partial charge in [-0.1, -0.05) is 19.9 Å². The number of nitrogens with one attached hydrogen (secondary N) is 2. The van der Waals surface area contributed by atoms with Gasteiger partial charge in [-0.15, -0.1) is 11.3 Å². The Labute approximate surface area is 140 Å². The average molecular weight is 334 g/mol. The van der Waals surface area contributed by atoms with Crippen LogP contribution >= 0.6 is 11.3 Å². The third kappa shape index (κ3) is 6.02. The van der Waals surface area contributed by atoms with Gasteiger partial charge in [0.25, 0.3) is 5.91 Å². The van der Waals surface area contributed by atoms with Gasteiger partial charge in [0.1, 0.15) is 18.5 Å². The Bertz CT molecular complexity index is 597. The fourth-order valence-corrected chi connectivity index (χ4v) is 2.48. The molecule has 0 spiro atoms. The number of aliphatic hydroxyl groups is 1. The highest BCUT2D eigenvalue weighted by atomic mass is 32.1. The first-order valence-electron chi connectivity index (χ1n) is 7.54. The number of hydrogen-bond acceptors (Lipinski definition) is 5. The molecule has 1 aromatic carbocycles. The van der Waals surface area contributed by atoms with E-state index in [1.807, 2.05) is 25.3 Å². The van der Waals surface area contributed by atoms with Crippen LogP contribution < -0.4 is 15.4 Å². The molecule has 1 atom stereocenters. The van der Waals surface area contributed by atoms with E-state index in [-0.39, 0.29) is 12.5 Å². The maximum absolute atomic E-state index is 11.9. The Morgan fingerprint density at radius 3 is 2.61 bits per heavy atom. The van der Waals surface area contributed by atoms with Gasteiger partial charge >= 0.3 is 0 Å². The number of benzene rings is 1. The molecular weight excluding hydrogens is 312 g/mol. The first kappa shape index (κ1) is 17.5. The van der Waals surface area contributed by atoms with Crippen molar-refractivity contribution in [2.24, 2.45) is 0 Å². The maximum atomic E-state index is 11.9. The van der Waals surface area contributed by atoms with Crippen LogP contribution in [0.1, 0.15) is 23.5 Å². The van der Waals surface area contributed by atoms with Crippen LogP contribution in [0.5, 0.6) is 5.75 Å². The highest BCUT2D eigenvalue weighted by Crippen LogP contribution is 2.17. The van der Waals surface area contributed by atoms with Crippen LogP contribution in [0, 0.1) is 0 Å². The summed E-state index contributed by atoms with van der Waals surface area (Å²) in [5.41, 5.74) is 0.706. The van der Waals surface area contributed by atoms with Crippen LogP contribution in [0.3, 0.4) is 0 Å². The standard InChI is InChI=1S/C17H22N2O3S/c1-12(2)18-10-14(20)11-22-15-7-5-13(6-8-15)19-17(21)16-4-3-9-23-16/h3-9,12,14,18,20H,10-11H2,1-2H3,(H,19,21). The summed E-state index contributed by atoms with van der Waals surface area (Å²) in [6.07, 6.45) is -0.560. The van der Waals surface area contributed by atoms with Crippen LogP contribution in [0.2, 0.25) is 0 Å². The van der Waals surface area contributed by atoms with E-state index in [4.69, 9.17) is 4.74 Å². The fraction of sp³-hybridized carbons (Fsp3) is 0.353. The van der Waals surface area contributed by atoms with Gasteiger partial charge in [-0.3, -0.25) is 4.79 Å². The lowest BCUT2D eigenvalue weighted by Crippen LogP contribution is -2.35. The smallest absolute Gasteiger partial charge is 0.265 e. The van der Waals surface area contributed by atoms with Crippen LogP contribution in [0.4, 0.5) is 5.69 Å². The maximum Gasteiger partial charge on any atom is 0.265 e. The molecule has 0 aliphatic rings. The fourth-order valence-electron chi connectivity index (χ4n) is 1.86. The number of carbonyl (C=O) groups excluding carboxylic acids is 1. The minimum absolute atomic E-state index is 0.121. The third-order valence-corrected chi connectivity index (χ3v) is 3.93. The minimum atomic E-state index is -0.560. The molecule has 0 aliphatic heterocycles. The number of aliphatic hydroxyl groups excluding tert-OH is 1. The summed E-state index contributed by atoms with van der Waals surface area (Å²) in [6, 6.07) is 11.1. The Balaban J connectivity index is 1.79. The molecule has 124 valence electrons. The molecule has 0 bridgehead atoms. The van der Waals surface area contributed by atoms with Crippen molar-refractivity contribution < 1.29 is 14.6 Å². The molecule has 0 radical (unpaired) electrons. The second kappa shape index (κ2) is 8.67. The van der Waals surface area contributed by atoms with Crippen LogP contribution in [0.15, 0.2) is 41.8 Å². The number of rotatable bonds is 8. The van der Waals surface area contributed by atoms with Gasteiger partial charge in [-0.05, 0) is 35.7 Å². The Kier molecular flexibility index (Phi) is 6.58. The minimum Gasteiger partial charge on any atom is -0.491 e. The summed E-state index contributed by atoms with van der Waals surface area (Å²) in [5.74, 6) is 0.534. The van der Waals surface area contributed by atoms with E-state index in [1.54, 1.807) is 30.3 Å². The number of thiophene rings is 1. The lowest BCUT2D eigenvalue weighted by molar-refractivity contribution is 0.103. The zero-order chi connectivity index (χ0) is 16.7. The van der Waals surface area contributed by atoms with E-state index >= 15 is 0 Å². The third-order valence-electron chi connectivity index (χ3n) is 3.06. The van der Waals surface area contributed by atoms with Gasteiger partial charge < -0.3 is 20.5 Å². The van der Waals surface area contributed by atoms with Crippen molar-refractivity contribution in [2.45, 2.75) is 26.0 Å². The van der Waals surface area contributed by atoms with Crippen molar-refractivity contribution in [3.8, 4) is 5.75 Å². The van der Waals surface area contributed by atoms with Crippen LogP contribution in [0.25, 0.3) is 0 Å². The Morgan fingerprint density at radius 2 is 2.00 bits per heavy atom. The number of carbonyl (C=O) groups is 1. The molecule has 2 aromatic rings. The molecule has 0 fully saturated rings. The van der Waals surface area contributed by atoms with Crippen molar-refractivity contribution in [1.29, 1.82) is 0 Å². The van der Waals surface area contributed by atoms with Crippen molar-refractivity contribution in [1.82, 2.24) is 5.32 Å². The van der Waals surface area contributed by atoms with Gasteiger partial charge in [0, 0.05) is 18.3 Å². The summed E-state index contributed by atoms with van der Waals surface area (Å²) in [6.45, 7) is 4.76. The summed E-state index contributed by atoms with van der Waals surface area (Å²) in [5, 5.41) is 17.6. The second-order valence-electron chi connectivity index (χ2n) is 5.48. The normalized spacial score (nSPS) is 12.2. The Morgan fingerprint density at radius 1 is 1.26 bits per heavy atom. The van der Waals surface area contributed by atoms with E-state index < -0.39 is 6.10 Å². The lowest BCUT2D eigenvalue weighted by atomic mass is 10.3. The molecule has 5 nitrogen and oxygen atoms in total. The predicted octanol–water partition coefficient (Wildman–Crippen LogP) is 2.74. The lowest BCUT2D eigenvalue weighted by Gasteiger charge is -2.15. The van der Waals surface area contributed by atoms with E-state index in [0.717, 1.165) is 0 Å². The van der Waals surface area contributed by atoms with Crippen molar-refractivity contribution >= 4 is 22.9 Å². The Hall–Kier alpha value is -1.89. The van der Waals surface area contributed by atoms with Crippen molar-refractivity contribution in [3.05, 3.63) is 46.7 Å². The SMILES string of the molecule is CC(C)NCC(O)COc1ccc(NC(=O)c2cccs2)cc1. The largest absolute Gasteiger partial charge is 0.491 e. The van der Waals surface area contributed by atoms with E-state index in [2.05, 4.69) is 10.6 Å². The van der Waals surface area contributed by atoms with Crippen LogP contribution in [-0.4, -0.2) is 36.3 Å². The first-order chi connectivity index (χ1) is 11.0. The van der Waals surface area contributed by atoms with Gasteiger partial charge in [0.2, 0.25) is 0 Å². The zero-order valence-corrected chi connectivity index (χ0v) is 14.1. The first-order valence-corrected chi connectivity index (χ1v) is 8.41. The topological polar surface area (TPSA) is 70.6 Å². The molecule has 1 amide bonds. The molecule has 0 aliphatic carbocycles. The molecule has 0 saturated heterocycles. The van der Waals surface area contributed by atoms with Crippen molar-refractivity contribution in [2.75, 3.05) is 18.5 Å². The summed E-state index contributed by atoms with van der Waals surface area (Å²) in [4.78, 5) is 12.6. The van der Waals surface area contributed by atoms with Gasteiger partial charge in [0.05, 0.1) is 4.88 Å². The zero-order valence-electron chi connectivity index (χ0n) is 13.3. The average Bonchev–Trinajstić information content (AvgIpc) is 3.07. The monoisotopic (exact) mass is 334 g/mol. The summed E-state index contributed by atoms with van der Waals surface area (Å²) in [7, 11) is 0. The number of ether oxygens (including phenoxy) is 1. The van der Waals surface area contributed by atoms with Crippen molar-refractivity contribution in [3.63, 3.8) is 0 Å². The van der Waals surface area contributed by atoms with E-state index in [1.165, 1.54) is 11.3 Å². The molecule has 23 heavy (non-hydrogen) atoms. The molecule has 3 N–H and O–H groups in total. The number of anilines is 1. The number of hydrogen-bond donors (Lipinski definition) is 3. The summed E-state index contributed by atoms with van der Waals surface area (Å²) < 4.78 is 5.53. The highest BCUT2D eigenvalue weighted by Gasteiger charge is 2.08. The van der Waals surface area contributed by atoms with Gasteiger partial charge in [0.15, 0.2) is 0 Å². The molecular formula is C17H22N2O3S. The highest BCUT2D eigenvalue weighted by molar-refractivity contribution is 7.12. The molecule has 1 unspecified atom stereocenters. The quantitative estimate of drug-likeness (QED) is 0.694. The molecule has 1 heterocycles. The molecule has 2 rings (SSSR count). The van der Waals surface area contributed by atoms with Gasteiger partial charge in [-0.2, -0.15) is 0 Å². The summed E-state index contributed by atoms with van der Waals surface area (Å²) >= 11 is 1.40. The number of amides is 1. The van der Waals surface area contributed by atoms with Crippen LogP contribution in [-0.2, 0) is 0 Å².